The van der Waals surface area contributed by atoms with Gasteiger partial charge in [-0.2, -0.15) is 0 Å². The van der Waals surface area contributed by atoms with Crippen molar-refractivity contribution in [3.8, 4) is 0 Å². The van der Waals surface area contributed by atoms with Crippen molar-refractivity contribution in [2.45, 2.75) is 174 Å². The molecule has 66 heavy (non-hydrogen) atoms. The van der Waals surface area contributed by atoms with Crippen LogP contribution in [0.4, 0.5) is 0 Å². The maximum Gasteiger partial charge on any atom is 0.306 e. The number of hydrogen-bond acceptors (Lipinski definition) is 5. The molecule has 0 aromatic rings. The van der Waals surface area contributed by atoms with Gasteiger partial charge in [0.1, 0.15) is 6.61 Å². The van der Waals surface area contributed by atoms with Crippen molar-refractivity contribution in [3.63, 3.8) is 0 Å². The number of carbonyl (C=O) groups is 2. The maximum atomic E-state index is 12.3. The third-order valence-corrected chi connectivity index (χ3v) is 9.71. The molecule has 0 fully saturated rings. The minimum atomic E-state index is -0.829. The number of aliphatic hydroxyl groups is 1. The van der Waals surface area contributed by atoms with Crippen LogP contribution in [0.25, 0.3) is 0 Å². The van der Waals surface area contributed by atoms with Crippen LogP contribution in [0, 0.1) is 0 Å². The molecule has 0 rings (SSSR count). The summed E-state index contributed by atoms with van der Waals surface area (Å²) in [4.78, 5) is 24.4. The van der Waals surface area contributed by atoms with Crippen molar-refractivity contribution in [1.82, 2.24) is 0 Å². The van der Waals surface area contributed by atoms with Crippen LogP contribution in [0.1, 0.15) is 168 Å². The average molecular weight is 903 g/mol. The summed E-state index contributed by atoms with van der Waals surface area (Å²) in [6, 6.07) is 0. The lowest BCUT2D eigenvalue weighted by Gasteiger charge is -2.15. The van der Waals surface area contributed by atoms with Gasteiger partial charge in [-0.25, -0.2) is 0 Å². The van der Waals surface area contributed by atoms with Crippen molar-refractivity contribution in [2.24, 2.45) is 0 Å². The van der Waals surface area contributed by atoms with E-state index in [4.69, 9.17) is 9.47 Å². The summed E-state index contributed by atoms with van der Waals surface area (Å²) in [5, 5.41) is 9.61. The molecule has 0 bridgehead atoms. The highest BCUT2D eigenvalue weighted by atomic mass is 16.6. The number of ether oxygens (including phenoxy) is 2. The van der Waals surface area contributed by atoms with E-state index in [2.05, 4.69) is 184 Å². The highest BCUT2D eigenvalue weighted by Crippen LogP contribution is 2.10. The zero-order valence-electron chi connectivity index (χ0n) is 41.4. The summed E-state index contributed by atoms with van der Waals surface area (Å²) >= 11 is 0. The first kappa shape index (κ1) is 61.0. The number of unbranched alkanes of at least 4 members (excludes halogenated alkanes) is 5. The van der Waals surface area contributed by atoms with Gasteiger partial charge in [0.15, 0.2) is 6.10 Å². The molecule has 0 aromatic carbocycles. The molecule has 0 saturated carbocycles. The van der Waals surface area contributed by atoms with E-state index in [0.717, 1.165) is 135 Å². The van der Waals surface area contributed by atoms with Crippen LogP contribution in [0.5, 0.6) is 0 Å². The van der Waals surface area contributed by atoms with E-state index in [0.29, 0.717) is 12.8 Å². The van der Waals surface area contributed by atoms with Crippen molar-refractivity contribution in [2.75, 3.05) is 13.2 Å². The second-order valence-corrected chi connectivity index (χ2v) is 15.8. The van der Waals surface area contributed by atoms with Gasteiger partial charge in [0.05, 0.1) is 6.61 Å². The van der Waals surface area contributed by atoms with Crippen LogP contribution < -0.4 is 0 Å². The lowest BCUT2D eigenvalue weighted by atomic mass is 10.1. The monoisotopic (exact) mass is 903 g/mol. The smallest absolute Gasteiger partial charge is 0.306 e. The van der Waals surface area contributed by atoms with Gasteiger partial charge in [-0.1, -0.05) is 215 Å². The molecule has 0 aliphatic rings. The van der Waals surface area contributed by atoms with Crippen molar-refractivity contribution in [3.05, 3.63) is 182 Å². The number of esters is 2. The number of carbonyl (C=O) groups excluding carboxylic acids is 2. The third kappa shape index (κ3) is 51.6. The lowest BCUT2D eigenvalue weighted by Crippen LogP contribution is -2.28. The Morgan fingerprint density at radius 3 is 0.970 bits per heavy atom. The fraction of sp³-hybridized carbons (Fsp3) is 0.475. The minimum absolute atomic E-state index is 0.128. The molecule has 5 nitrogen and oxygen atoms in total. The SMILES string of the molecule is CC/C=C\C/C=C\C/C=C\C/C=C\C/C=C\C/C=C\C/C=C\C/C=C\C/C=C\CCCCCCCC(=O)OC(CO)COC(=O)CC/C=C\C/C=C\C/C=C\C/C=C\C/C=C\C/C=C\CC. The van der Waals surface area contributed by atoms with Crippen LogP contribution in [0.15, 0.2) is 182 Å². The number of aliphatic hydroxyl groups excluding tert-OH is 1. The molecule has 0 aromatic heterocycles. The number of allylic oxidation sites excluding steroid dienone is 30. The van der Waals surface area contributed by atoms with Gasteiger partial charge in [0.25, 0.3) is 0 Å². The van der Waals surface area contributed by atoms with Crippen LogP contribution in [0.3, 0.4) is 0 Å². The van der Waals surface area contributed by atoms with E-state index in [9.17, 15) is 14.7 Å². The van der Waals surface area contributed by atoms with Crippen LogP contribution in [-0.2, 0) is 19.1 Å². The molecular formula is C61H90O5. The summed E-state index contributed by atoms with van der Waals surface area (Å²) < 4.78 is 10.6. The first-order valence-corrected chi connectivity index (χ1v) is 25.3. The zero-order chi connectivity index (χ0) is 47.7. The second kappa shape index (κ2) is 54.3. The lowest BCUT2D eigenvalue weighted by molar-refractivity contribution is -0.161. The molecule has 0 aliphatic heterocycles. The first-order chi connectivity index (χ1) is 32.6. The van der Waals surface area contributed by atoms with Crippen LogP contribution in [-0.4, -0.2) is 36.4 Å². The van der Waals surface area contributed by atoms with Gasteiger partial charge in [0, 0.05) is 12.8 Å². The Kier molecular flexibility index (Phi) is 50.2. The van der Waals surface area contributed by atoms with Gasteiger partial charge in [-0.05, 0) is 122 Å². The molecule has 1 unspecified atom stereocenters. The van der Waals surface area contributed by atoms with Crippen molar-refractivity contribution in [1.29, 1.82) is 0 Å². The molecule has 1 atom stereocenters. The molecule has 0 amide bonds. The van der Waals surface area contributed by atoms with Gasteiger partial charge < -0.3 is 14.6 Å². The summed E-state index contributed by atoms with van der Waals surface area (Å²) in [7, 11) is 0. The van der Waals surface area contributed by atoms with Crippen molar-refractivity contribution < 1.29 is 24.2 Å². The molecule has 0 radical (unpaired) electrons. The van der Waals surface area contributed by atoms with E-state index in [1.807, 2.05) is 12.2 Å². The quantitative estimate of drug-likeness (QED) is 0.0375. The summed E-state index contributed by atoms with van der Waals surface area (Å²) in [6.07, 6.45) is 87.0. The summed E-state index contributed by atoms with van der Waals surface area (Å²) in [5.41, 5.74) is 0. The van der Waals surface area contributed by atoms with Gasteiger partial charge in [0.2, 0.25) is 0 Å². The Labute approximate surface area is 404 Å². The second-order valence-electron chi connectivity index (χ2n) is 15.8. The van der Waals surface area contributed by atoms with Gasteiger partial charge in [-0.3, -0.25) is 9.59 Å². The molecule has 364 valence electrons. The molecular weight excluding hydrogens is 813 g/mol. The van der Waals surface area contributed by atoms with E-state index in [1.165, 1.54) is 0 Å². The van der Waals surface area contributed by atoms with Gasteiger partial charge >= 0.3 is 11.9 Å². The van der Waals surface area contributed by atoms with E-state index < -0.39 is 6.10 Å². The van der Waals surface area contributed by atoms with Crippen LogP contribution in [0.2, 0.25) is 0 Å². The summed E-state index contributed by atoms with van der Waals surface area (Å²) in [5.74, 6) is -0.730. The fourth-order valence-corrected chi connectivity index (χ4v) is 5.98. The minimum Gasteiger partial charge on any atom is -0.462 e. The largest absolute Gasteiger partial charge is 0.462 e. The number of rotatable bonds is 43. The Bertz CT molecular complexity index is 1580. The molecule has 0 heterocycles. The summed E-state index contributed by atoms with van der Waals surface area (Å²) in [6.45, 7) is 3.80. The Morgan fingerprint density at radius 1 is 0.348 bits per heavy atom. The molecule has 1 N–H and O–H groups in total. The predicted molar refractivity (Wildman–Crippen MR) is 287 cm³/mol. The first-order valence-electron chi connectivity index (χ1n) is 25.3. The number of hydrogen-bond donors (Lipinski definition) is 1. The fourth-order valence-electron chi connectivity index (χ4n) is 5.98. The Hall–Kier alpha value is -5.00. The normalized spacial score (nSPS) is 13.8. The maximum absolute atomic E-state index is 12.3. The van der Waals surface area contributed by atoms with E-state index in [1.54, 1.807) is 0 Å². The van der Waals surface area contributed by atoms with Crippen molar-refractivity contribution >= 4 is 11.9 Å². The van der Waals surface area contributed by atoms with E-state index in [-0.39, 0.29) is 31.6 Å². The highest BCUT2D eigenvalue weighted by Gasteiger charge is 2.15. The molecule has 5 heteroatoms. The Balaban J connectivity index is 3.75. The molecule has 0 spiro atoms. The standard InChI is InChI=1S/C61H90O5/c1-3-5-7-9-11-13-15-17-19-21-23-24-25-26-27-28-29-30-31-32-33-34-35-36-38-40-42-44-46-48-50-52-54-56-61(64)66-59(57-62)58-65-60(63)55-53-51-49-47-45-43-41-39-37-22-20-18-16-14-12-10-8-6-4-2/h5-8,11-14,17-20,23-24,26-27,29-30,32-33,35-37,39-40,42-43,45,49,51,59,62H,3-4,9-10,15-16,21-22,25,28,31,34,38,41,44,46-48,50,52-58H2,1-2H3/b7-5-,8-6-,13-11-,14-12-,19-17-,20-18-,24-23-,27-26-,30-29-,33-32-,36-35-,39-37-,42-40-,45-43-,51-49-. The Morgan fingerprint density at radius 2 is 0.636 bits per heavy atom. The third-order valence-electron chi connectivity index (χ3n) is 9.71. The van der Waals surface area contributed by atoms with Crippen LogP contribution >= 0.6 is 0 Å². The molecule has 0 aliphatic carbocycles. The molecule has 0 saturated heterocycles. The predicted octanol–water partition coefficient (Wildman–Crippen LogP) is 17.2. The van der Waals surface area contributed by atoms with E-state index >= 15 is 0 Å². The zero-order valence-corrected chi connectivity index (χ0v) is 41.4. The average Bonchev–Trinajstić information content (AvgIpc) is 3.32. The highest BCUT2D eigenvalue weighted by molar-refractivity contribution is 5.70. The topological polar surface area (TPSA) is 72.8 Å². The van der Waals surface area contributed by atoms with Gasteiger partial charge in [-0.15, -0.1) is 0 Å².